The predicted molar refractivity (Wildman–Crippen MR) is 66.7 cm³/mol. The van der Waals surface area contributed by atoms with Crippen molar-refractivity contribution < 1.29 is 14.3 Å². The van der Waals surface area contributed by atoms with Gasteiger partial charge in [-0.1, -0.05) is 19.4 Å². The summed E-state index contributed by atoms with van der Waals surface area (Å²) < 4.78 is 5.61. The van der Waals surface area contributed by atoms with Crippen LogP contribution < -0.4 is 0 Å². The van der Waals surface area contributed by atoms with Crippen LogP contribution in [0, 0.1) is 23.7 Å². The number of rotatable bonds is 0. The molecule has 2 fully saturated rings. The number of carbonyl (C=O) groups is 2. The van der Waals surface area contributed by atoms with E-state index >= 15 is 0 Å². The molecule has 2 aliphatic carbocycles. The molecule has 18 heavy (non-hydrogen) atoms. The zero-order valence-corrected chi connectivity index (χ0v) is 11.2. The van der Waals surface area contributed by atoms with Crippen LogP contribution in [0.5, 0.6) is 0 Å². The first kappa shape index (κ1) is 11.9. The highest BCUT2D eigenvalue weighted by molar-refractivity contribution is 5.99. The van der Waals surface area contributed by atoms with Crippen LogP contribution in [0.25, 0.3) is 0 Å². The van der Waals surface area contributed by atoms with E-state index in [2.05, 4.69) is 13.8 Å². The number of ketones is 1. The summed E-state index contributed by atoms with van der Waals surface area (Å²) in [6.07, 6.45) is 2.48. The summed E-state index contributed by atoms with van der Waals surface area (Å²) in [5, 5.41) is 0. The molecule has 3 nitrogen and oxygen atoms in total. The minimum absolute atomic E-state index is 0.00921. The Morgan fingerprint density at radius 2 is 1.94 bits per heavy atom. The molecular weight excluding hydrogens is 228 g/mol. The zero-order valence-electron chi connectivity index (χ0n) is 11.2. The van der Waals surface area contributed by atoms with Crippen LogP contribution in [0.15, 0.2) is 11.1 Å². The molecule has 0 N–H and O–H groups in total. The SMILES string of the molecule is CC1=C2C(=O)C[C@@H](C)[C@@H]2[C@@H]2OC(=O)[C@H](C)[C@H]2CC1. The van der Waals surface area contributed by atoms with Gasteiger partial charge in [0.1, 0.15) is 6.10 Å². The van der Waals surface area contributed by atoms with E-state index in [1.54, 1.807) is 0 Å². The van der Waals surface area contributed by atoms with E-state index in [9.17, 15) is 9.59 Å². The van der Waals surface area contributed by atoms with Crippen LogP contribution in [0.1, 0.15) is 40.0 Å². The van der Waals surface area contributed by atoms with Gasteiger partial charge in [0, 0.05) is 23.8 Å². The van der Waals surface area contributed by atoms with Gasteiger partial charge in [-0.3, -0.25) is 9.59 Å². The summed E-state index contributed by atoms with van der Waals surface area (Å²) >= 11 is 0. The second-order valence-corrected chi connectivity index (χ2v) is 6.22. The van der Waals surface area contributed by atoms with E-state index in [4.69, 9.17) is 4.74 Å². The van der Waals surface area contributed by atoms with Crippen molar-refractivity contribution in [3.63, 3.8) is 0 Å². The van der Waals surface area contributed by atoms with Crippen molar-refractivity contribution in [2.75, 3.05) is 0 Å². The Balaban J connectivity index is 2.04. The third-order valence-corrected chi connectivity index (χ3v) is 5.11. The maximum absolute atomic E-state index is 12.1. The molecular formula is C15H20O3. The number of esters is 1. The zero-order chi connectivity index (χ0) is 13.0. The maximum atomic E-state index is 12.1. The average molecular weight is 248 g/mol. The highest BCUT2D eigenvalue weighted by atomic mass is 16.6. The third-order valence-electron chi connectivity index (χ3n) is 5.11. The number of hydrogen-bond donors (Lipinski definition) is 0. The molecule has 0 aromatic carbocycles. The van der Waals surface area contributed by atoms with Crippen LogP contribution in [0.2, 0.25) is 0 Å². The lowest BCUT2D eigenvalue weighted by molar-refractivity contribution is -0.145. The van der Waals surface area contributed by atoms with Gasteiger partial charge in [-0.15, -0.1) is 0 Å². The molecule has 1 aliphatic heterocycles. The summed E-state index contributed by atoms with van der Waals surface area (Å²) in [7, 11) is 0. The second-order valence-electron chi connectivity index (χ2n) is 6.22. The Morgan fingerprint density at radius 3 is 2.67 bits per heavy atom. The molecule has 0 radical (unpaired) electrons. The van der Waals surface area contributed by atoms with Gasteiger partial charge in [-0.25, -0.2) is 0 Å². The Kier molecular flexibility index (Phi) is 2.61. The van der Waals surface area contributed by atoms with E-state index in [1.807, 2.05) is 6.92 Å². The Bertz CT molecular complexity index is 449. The van der Waals surface area contributed by atoms with Gasteiger partial charge in [0.25, 0.3) is 0 Å². The van der Waals surface area contributed by atoms with Crippen molar-refractivity contribution in [2.24, 2.45) is 23.7 Å². The maximum Gasteiger partial charge on any atom is 0.309 e. The van der Waals surface area contributed by atoms with Gasteiger partial charge in [-0.05, 0) is 25.7 Å². The summed E-state index contributed by atoms with van der Waals surface area (Å²) in [6, 6.07) is 0. The quantitative estimate of drug-likeness (QED) is 0.619. The van der Waals surface area contributed by atoms with Gasteiger partial charge in [0.2, 0.25) is 0 Å². The molecule has 1 heterocycles. The first-order chi connectivity index (χ1) is 8.50. The van der Waals surface area contributed by atoms with E-state index in [0.717, 1.165) is 18.4 Å². The number of allylic oxidation sites excluding steroid dienone is 1. The summed E-state index contributed by atoms with van der Waals surface area (Å²) in [4.78, 5) is 23.9. The smallest absolute Gasteiger partial charge is 0.309 e. The molecule has 98 valence electrons. The molecule has 0 bridgehead atoms. The lowest BCUT2D eigenvalue weighted by atomic mass is 9.80. The lowest BCUT2D eigenvalue weighted by Gasteiger charge is -2.26. The van der Waals surface area contributed by atoms with Crippen LogP contribution in [-0.2, 0) is 14.3 Å². The number of ether oxygens (including phenoxy) is 1. The fourth-order valence-corrected chi connectivity index (χ4v) is 4.07. The highest BCUT2D eigenvalue weighted by Crippen LogP contribution is 2.49. The van der Waals surface area contributed by atoms with Gasteiger partial charge in [-0.2, -0.15) is 0 Å². The van der Waals surface area contributed by atoms with Crippen LogP contribution in [0.3, 0.4) is 0 Å². The van der Waals surface area contributed by atoms with E-state index in [0.29, 0.717) is 18.3 Å². The van der Waals surface area contributed by atoms with Crippen molar-refractivity contribution in [2.45, 2.75) is 46.1 Å². The Morgan fingerprint density at radius 1 is 1.22 bits per heavy atom. The van der Waals surface area contributed by atoms with Crippen molar-refractivity contribution in [1.29, 1.82) is 0 Å². The van der Waals surface area contributed by atoms with E-state index in [-0.39, 0.29) is 29.7 Å². The van der Waals surface area contributed by atoms with Gasteiger partial charge >= 0.3 is 5.97 Å². The average Bonchev–Trinajstić information content (AvgIpc) is 2.68. The fraction of sp³-hybridized carbons (Fsp3) is 0.733. The lowest BCUT2D eigenvalue weighted by Crippen LogP contribution is -2.29. The predicted octanol–water partition coefficient (Wildman–Crippen LogP) is 2.50. The molecule has 0 aromatic heterocycles. The third kappa shape index (κ3) is 1.49. The first-order valence-electron chi connectivity index (χ1n) is 6.94. The highest BCUT2D eigenvalue weighted by Gasteiger charge is 2.52. The topological polar surface area (TPSA) is 43.4 Å². The van der Waals surface area contributed by atoms with Gasteiger partial charge in [0.15, 0.2) is 5.78 Å². The monoisotopic (exact) mass is 248 g/mol. The summed E-state index contributed by atoms with van der Waals surface area (Å²) in [5.41, 5.74) is 2.21. The minimum atomic E-state index is -0.0737. The second kappa shape index (κ2) is 3.94. The van der Waals surface area contributed by atoms with Gasteiger partial charge in [0.05, 0.1) is 5.92 Å². The molecule has 0 aromatic rings. The van der Waals surface area contributed by atoms with Crippen LogP contribution >= 0.6 is 0 Å². The van der Waals surface area contributed by atoms with Crippen LogP contribution in [-0.4, -0.2) is 17.9 Å². The number of carbonyl (C=O) groups excluding carboxylic acids is 2. The normalized spacial score (nSPS) is 43.6. The standard InChI is InChI=1S/C15H20O3/c1-7-4-5-10-9(3)15(17)18-14(10)13-8(2)6-11(16)12(7)13/h8-10,13-14H,4-6H2,1-3H3/t8-,9-,10-,13+,14-/m1/s1. The van der Waals surface area contributed by atoms with Crippen molar-refractivity contribution in [3.8, 4) is 0 Å². The van der Waals surface area contributed by atoms with Gasteiger partial charge < -0.3 is 4.74 Å². The minimum Gasteiger partial charge on any atom is -0.461 e. The molecule has 0 spiro atoms. The molecule has 0 unspecified atom stereocenters. The molecule has 3 heteroatoms. The Labute approximate surface area is 108 Å². The molecule has 3 rings (SSSR count). The number of hydrogen-bond acceptors (Lipinski definition) is 3. The number of fused-ring (bicyclic) bond motifs is 3. The molecule has 5 atom stereocenters. The number of Topliss-reactive ketones (excluding diaryl/α,β-unsaturated/α-hetero) is 1. The first-order valence-corrected chi connectivity index (χ1v) is 6.94. The van der Waals surface area contributed by atoms with Crippen molar-refractivity contribution >= 4 is 11.8 Å². The van der Waals surface area contributed by atoms with E-state index < -0.39 is 0 Å². The Hall–Kier alpha value is -1.12. The van der Waals surface area contributed by atoms with Crippen molar-refractivity contribution in [1.82, 2.24) is 0 Å². The van der Waals surface area contributed by atoms with Crippen molar-refractivity contribution in [3.05, 3.63) is 11.1 Å². The largest absolute Gasteiger partial charge is 0.461 e. The molecule has 3 aliphatic rings. The fourth-order valence-electron chi connectivity index (χ4n) is 4.07. The molecule has 1 saturated carbocycles. The molecule has 1 saturated heterocycles. The molecule has 0 amide bonds. The summed E-state index contributed by atoms with van der Waals surface area (Å²) in [5.74, 6) is 0.954. The van der Waals surface area contributed by atoms with Crippen LogP contribution in [0.4, 0.5) is 0 Å². The summed E-state index contributed by atoms with van der Waals surface area (Å²) in [6.45, 7) is 6.16. The van der Waals surface area contributed by atoms with E-state index in [1.165, 1.54) is 5.57 Å².